The molecule has 1 aliphatic rings. The standard InChI is InChI=1S/C16H22N4/c1-11(2)13-5-7-17-16(9-13)20-8-6-15-14(10-20)12(3)18-19(15)4/h5,7,9,11H,6,8,10H2,1-4H3. The average Bonchev–Trinajstić information content (AvgIpc) is 2.74. The van der Waals surface area contributed by atoms with Gasteiger partial charge in [0.25, 0.3) is 0 Å². The van der Waals surface area contributed by atoms with E-state index in [2.05, 4.69) is 47.9 Å². The van der Waals surface area contributed by atoms with Gasteiger partial charge in [-0.3, -0.25) is 4.68 Å². The summed E-state index contributed by atoms with van der Waals surface area (Å²) in [6, 6.07) is 4.33. The molecule has 0 saturated carbocycles. The minimum Gasteiger partial charge on any atom is -0.352 e. The Balaban J connectivity index is 1.90. The van der Waals surface area contributed by atoms with Crippen LogP contribution in [0.5, 0.6) is 0 Å². The van der Waals surface area contributed by atoms with E-state index in [9.17, 15) is 0 Å². The van der Waals surface area contributed by atoms with Gasteiger partial charge in [-0.05, 0) is 30.5 Å². The number of hydrogen-bond donors (Lipinski definition) is 0. The highest BCUT2D eigenvalue weighted by molar-refractivity contribution is 5.46. The Morgan fingerprint density at radius 3 is 2.85 bits per heavy atom. The van der Waals surface area contributed by atoms with Gasteiger partial charge in [-0.15, -0.1) is 0 Å². The summed E-state index contributed by atoms with van der Waals surface area (Å²) in [4.78, 5) is 6.92. The van der Waals surface area contributed by atoms with E-state index >= 15 is 0 Å². The third-order valence-electron chi connectivity index (χ3n) is 4.20. The topological polar surface area (TPSA) is 34.0 Å². The molecule has 0 atom stereocenters. The molecule has 0 aliphatic carbocycles. The van der Waals surface area contributed by atoms with Crippen molar-refractivity contribution in [3.8, 4) is 0 Å². The molecule has 4 nitrogen and oxygen atoms in total. The van der Waals surface area contributed by atoms with Gasteiger partial charge < -0.3 is 4.90 Å². The van der Waals surface area contributed by atoms with Gasteiger partial charge in [0.2, 0.25) is 0 Å². The summed E-state index contributed by atoms with van der Waals surface area (Å²) < 4.78 is 2.03. The smallest absolute Gasteiger partial charge is 0.129 e. The van der Waals surface area contributed by atoms with Crippen LogP contribution in [0, 0.1) is 6.92 Å². The van der Waals surface area contributed by atoms with Gasteiger partial charge in [-0.25, -0.2) is 4.98 Å². The van der Waals surface area contributed by atoms with Crippen molar-refractivity contribution >= 4 is 5.82 Å². The van der Waals surface area contributed by atoms with Gasteiger partial charge in [0.1, 0.15) is 5.82 Å². The van der Waals surface area contributed by atoms with Crippen LogP contribution in [0.2, 0.25) is 0 Å². The zero-order valence-electron chi connectivity index (χ0n) is 12.7. The summed E-state index contributed by atoms with van der Waals surface area (Å²) >= 11 is 0. The molecule has 0 unspecified atom stereocenters. The fourth-order valence-corrected chi connectivity index (χ4v) is 2.94. The number of rotatable bonds is 2. The predicted molar refractivity (Wildman–Crippen MR) is 81.0 cm³/mol. The normalized spacial score (nSPS) is 14.8. The molecule has 2 aromatic rings. The first kappa shape index (κ1) is 13.2. The number of pyridine rings is 1. The van der Waals surface area contributed by atoms with E-state index in [0.717, 1.165) is 31.0 Å². The Kier molecular flexibility index (Phi) is 3.24. The van der Waals surface area contributed by atoms with E-state index in [1.807, 2.05) is 17.9 Å². The van der Waals surface area contributed by atoms with Crippen LogP contribution >= 0.6 is 0 Å². The Bertz CT molecular complexity index is 627. The second-order valence-electron chi connectivity index (χ2n) is 5.91. The summed E-state index contributed by atoms with van der Waals surface area (Å²) in [5.41, 5.74) is 5.24. The molecule has 2 aromatic heterocycles. The number of fused-ring (bicyclic) bond motifs is 1. The molecule has 0 fully saturated rings. The summed E-state index contributed by atoms with van der Waals surface area (Å²) in [6.45, 7) is 8.47. The number of aryl methyl sites for hydroxylation is 2. The number of hydrogen-bond acceptors (Lipinski definition) is 3. The van der Waals surface area contributed by atoms with Gasteiger partial charge in [0, 0.05) is 44.0 Å². The third-order valence-corrected chi connectivity index (χ3v) is 4.20. The molecule has 106 valence electrons. The second-order valence-corrected chi connectivity index (χ2v) is 5.91. The molecule has 0 bridgehead atoms. The van der Waals surface area contributed by atoms with E-state index in [1.54, 1.807) is 0 Å². The molecule has 0 radical (unpaired) electrons. The fourth-order valence-electron chi connectivity index (χ4n) is 2.94. The number of anilines is 1. The molecular formula is C16H22N4. The molecule has 3 heterocycles. The van der Waals surface area contributed by atoms with E-state index < -0.39 is 0 Å². The molecule has 0 N–H and O–H groups in total. The lowest BCUT2D eigenvalue weighted by Gasteiger charge is -2.29. The monoisotopic (exact) mass is 270 g/mol. The lowest BCUT2D eigenvalue weighted by molar-refractivity contribution is 0.651. The summed E-state index contributed by atoms with van der Waals surface area (Å²) in [6.07, 6.45) is 2.97. The van der Waals surface area contributed by atoms with Crippen LogP contribution in [-0.4, -0.2) is 21.3 Å². The molecule has 4 heteroatoms. The first-order valence-corrected chi connectivity index (χ1v) is 7.28. The fraction of sp³-hybridized carbons (Fsp3) is 0.500. The van der Waals surface area contributed by atoms with Gasteiger partial charge in [0.05, 0.1) is 5.69 Å². The molecule has 0 amide bonds. The molecule has 0 spiro atoms. The Labute approximate surface area is 120 Å². The van der Waals surface area contributed by atoms with Gasteiger partial charge in [-0.1, -0.05) is 13.8 Å². The van der Waals surface area contributed by atoms with Crippen molar-refractivity contribution in [2.24, 2.45) is 7.05 Å². The van der Waals surface area contributed by atoms with Crippen molar-refractivity contribution in [2.45, 2.75) is 39.7 Å². The highest BCUT2D eigenvalue weighted by Crippen LogP contribution is 2.26. The minimum absolute atomic E-state index is 0.539. The molecule has 1 aliphatic heterocycles. The second kappa shape index (κ2) is 4.93. The van der Waals surface area contributed by atoms with Crippen molar-refractivity contribution in [3.63, 3.8) is 0 Å². The van der Waals surface area contributed by atoms with Crippen LogP contribution in [-0.2, 0) is 20.0 Å². The highest BCUT2D eigenvalue weighted by atomic mass is 15.3. The molecule has 0 aromatic carbocycles. The van der Waals surface area contributed by atoms with Crippen LogP contribution in [0.3, 0.4) is 0 Å². The number of aromatic nitrogens is 3. The summed E-state index contributed by atoms with van der Waals surface area (Å²) in [5.74, 6) is 1.63. The molecular weight excluding hydrogens is 248 g/mol. The van der Waals surface area contributed by atoms with E-state index in [4.69, 9.17) is 0 Å². The summed E-state index contributed by atoms with van der Waals surface area (Å²) in [5, 5.41) is 4.54. The largest absolute Gasteiger partial charge is 0.352 e. The van der Waals surface area contributed by atoms with E-state index in [1.165, 1.54) is 16.8 Å². The van der Waals surface area contributed by atoms with Crippen LogP contribution < -0.4 is 4.90 Å². The zero-order valence-corrected chi connectivity index (χ0v) is 12.7. The van der Waals surface area contributed by atoms with Gasteiger partial charge in [0.15, 0.2) is 0 Å². The third kappa shape index (κ3) is 2.19. The van der Waals surface area contributed by atoms with Gasteiger partial charge in [-0.2, -0.15) is 5.10 Å². The Morgan fingerprint density at radius 2 is 2.10 bits per heavy atom. The van der Waals surface area contributed by atoms with Crippen LogP contribution in [0.4, 0.5) is 5.82 Å². The van der Waals surface area contributed by atoms with Gasteiger partial charge >= 0.3 is 0 Å². The van der Waals surface area contributed by atoms with Crippen LogP contribution in [0.25, 0.3) is 0 Å². The number of nitrogens with zero attached hydrogens (tertiary/aromatic N) is 4. The highest BCUT2D eigenvalue weighted by Gasteiger charge is 2.23. The van der Waals surface area contributed by atoms with Crippen molar-refractivity contribution in [1.82, 2.24) is 14.8 Å². The Hall–Kier alpha value is -1.84. The lowest BCUT2D eigenvalue weighted by atomic mass is 10.0. The van der Waals surface area contributed by atoms with Crippen molar-refractivity contribution in [1.29, 1.82) is 0 Å². The maximum Gasteiger partial charge on any atom is 0.129 e. The molecule has 0 saturated heterocycles. The predicted octanol–water partition coefficient (Wildman–Crippen LogP) is 2.81. The van der Waals surface area contributed by atoms with E-state index in [0.29, 0.717) is 5.92 Å². The SMILES string of the molecule is Cc1nn(C)c2c1CN(c1cc(C(C)C)ccn1)CC2. The van der Waals surface area contributed by atoms with Crippen molar-refractivity contribution in [3.05, 3.63) is 40.8 Å². The average molecular weight is 270 g/mol. The van der Waals surface area contributed by atoms with Crippen molar-refractivity contribution < 1.29 is 0 Å². The van der Waals surface area contributed by atoms with Crippen molar-refractivity contribution in [2.75, 3.05) is 11.4 Å². The first-order chi connectivity index (χ1) is 9.56. The lowest BCUT2D eigenvalue weighted by Crippen LogP contribution is -2.31. The molecule has 20 heavy (non-hydrogen) atoms. The Morgan fingerprint density at radius 1 is 1.30 bits per heavy atom. The van der Waals surface area contributed by atoms with Crippen LogP contribution in [0.15, 0.2) is 18.3 Å². The summed E-state index contributed by atoms with van der Waals surface area (Å²) in [7, 11) is 2.04. The minimum atomic E-state index is 0.539. The quantitative estimate of drug-likeness (QED) is 0.841. The van der Waals surface area contributed by atoms with Crippen LogP contribution in [0.1, 0.15) is 42.3 Å². The zero-order chi connectivity index (χ0) is 14.3. The first-order valence-electron chi connectivity index (χ1n) is 7.28. The maximum atomic E-state index is 4.55. The van der Waals surface area contributed by atoms with E-state index in [-0.39, 0.29) is 0 Å². The molecule has 3 rings (SSSR count). The maximum absolute atomic E-state index is 4.55.